The van der Waals surface area contributed by atoms with Crippen molar-refractivity contribution < 1.29 is 19.0 Å². The summed E-state index contributed by atoms with van der Waals surface area (Å²) in [6.07, 6.45) is 1.69. The van der Waals surface area contributed by atoms with Crippen LogP contribution in [0.3, 0.4) is 0 Å². The minimum absolute atomic E-state index is 0.119. The largest absolute Gasteiger partial charge is 0.463 e. The summed E-state index contributed by atoms with van der Waals surface area (Å²) in [7, 11) is 0. The van der Waals surface area contributed by atoms with Crippen molar-refractivity contribution in [3.05, 3.63) is 88.5 Å². The summed E-state index contributed by atoms with van der Waals surface area (Å²) in [5.41, 5.74) is 1.83. The second kappa shape index (κ2) is 8.94. The second-order valence-electron chi connectivity index (χ2n) is 7.58. The Bertz CT molecular complexity index is 1520. The molecule has 174 valence electrons. The van der Waals surface area contributed by atoms with Crippen LogP contribution < -0.4 is 24.4 Å². The third kappa shape index (κ3) is 3.91. The molecule has 3 heterocycles. The third-order valence-corrected chi connectivity index (χ3v) is 7.04. The predicted octanol–water partition coefficient (Wildman–Crippen LogP) is 3.83. The third-order valence-electron chi connectivity index (χ3n) is 5.48. The van der Waals surface area contributed by atoms with Gasteiger partial charge in [0.05, 0.1) is 33.5 Å². The van der Waals surface area contributed by atoms with E-state index in [1.165, 1.54) is 15.9 Å². The smallest absolute Gasteiger partial charge is 0.338 e. The average Bonchev–Trinajstić information content (AvgIpc) is 3.37. The molecule has 0 spiro atoms. The van der Waals surface area contributed by atoms with Crippen LogP contribution >= 0.6 is 34.5 Å². The zero-order chi connectivity index (χ0) is 24.0. The van der Waals surface area contributed by atoms with Crippen LogP contribution in [0.5, 0.6) is 11.5 Å². The van der Waals surface area contributed by atoms with Crippen molar-refractivity contribution in [2.24, 2.45) is 4.99 Å². The SMILES string of the molecule is CCOC(=O)C1=C(C)N=c2s/c(=C\c3cc4c(cc3Cl)OCO4)c(=O)n2[C@H]1c1ccc(Cl)cc1. The minimum atomic E-state index is -0.707. The van der Waals surface area contributed by atoms with Crippen molar-refractivity contribution in [3.8, 4) is 11.5 Å². The maximum absolute atomic E-state index is 13.6. The Labute approximate surface area is 208 Å². The number of carbonyl (C=O) groups excluding carboxylic acids is 1. The van der Waals surface area contributed by atoms with Crippen molar-refractivity contribution in [1.29, 1.82) is 0 Å². The van der Waals surface area contributed by atoms with Gasteiger partial charge in [-0.2, -0.15) is 0 Å². The Kier molecular flexibility index (Phi) is 5.97. The van der Waals surface area contributed by atoms with Crippen molar-refractivity contribution in [2.45, 2.75) is 19.9 Å². The van der Waals surface area contributed by atoms with Crippen molar-refractivity contribution >= 4 is 46.6 Å². The fourth-order valence-corrected chi connectivity index (χ4v) is 5.31. The van der Waals surface area contributed by atoms with Gasteiger partial charge >= 0.3 is 5.97 Å². The summed E-state index contributed by atoms with van der Waals surface area (Å²) >= 11 is 13.7. The number of halogens is 2. The lowest BCUT2D eigenvalue weighted by atomic mass is 9.96. The summed E-state index contributed by atoms with van der Waals surface area (Å²) in [6, 6.07) is 9.70. The number of ether oxygens (including phenoxy) is 3. The van der Waals surface area contributed by atoms with Crippen LogP contribution in [-0.2, 0) is 9.53 Å². The molecule has 0 N–H and O–H groups in total. The summed E-state index contributed by atoms with van der Waals surface area (Å²) < 4.78 is 18.0. The zero-order valence-corrected chi connectivity index (χ0v) is 20.5. The number of benzene rings is 2. The van der Waals surface area contributed by atoms with Crippen LogP contribution in [0.15, 0.2) is 57.5 Å². The van der Waals surface area contributed by atoms with E-state index >= 15 is 0 Å². The number of rotatable bonds is 4. The molecule has 3 aromatic rings. The Morgan fingerprint density at radius 1 is 1.24 bits per heavy atom. The molecule has 0 radical (unpaired) electrons. The van der Waals surface area contributed by atoms with Gasteiger partial charge in [-0.15, -0.1) is 0 Å². The number of hydrogen-bond donors (Lipinski definition) is 0. The molecular formula is C24H18Cl2N2O5S. The zero-order valence-electron chi connectivity index (χ0n) is 18.1. The van der Waals surface area contributed by atoms with Gasteiger partial charge in [-0.3, -0.25) is 9.36 Å². The second-order valence-corrected chi connectivity index (χ2v) is 9.43. The summed E-state index contributed by atoms with van der Waals surface area (Å²) in [6.45, 7) is 3.79. The molecule has 0 saturated carbocycles. The first-order chi connectivity index (χ1) is 16.4. The van der Waals surface area contributed by atoms with E-state index < -0.39 is 12.0 Å². The van der Waals surface area contributed by atoms with E-state index in [1.807, 2.05) is 0 Å². The molecule has 2 aliphatic rings. The molecular weight excluding hydrogens is 499 g/mol. The van der Waals surface area contributed by atoms with Crippen molar-refractivity contribution in [1.82, 2.24) is 4.57 Å². The summed E-state index contributed by atoms with van der Waals surface area (Å²) in [5, 5.41) is 0.972. The van der Waals surface area contributed by atoms with E-state index in [2.05, 4.69) is 4.99 Å². The van der Waals surface area contributed by atoms with E-state index in [0.29, 0.717) is 47.7 Å². The molecule has 5 rings (SSSR count). The molecule has 2 aromatic carbocycles. The molecule has 34 heavy (non-hydrogen) atoms. The first-order valence-corrected chi connectivity index (χ1v) is 12.0. The monoisotopic (exact) mass is 516 g/mol. The Balaban J connectivity index is 1.71. The van der Waals surface area contributed by atoms with Gasteiger partial charge in [0.15, 0.2) is 16.3 Å². The number of hydrogen-bond acceptors (Lipinski definition) is 7. The molecule has 0 saturated heterocycles. The normalized spacial score (nSPS) is 16.9. The minimum Gasteiger partial charge on any atom is -0.463 e. The van der Waals surface area contributed by atoms with E-state index in [1.54, 1.807) is 56.3 Å². The highest BCUT2D eigenvalue weighted by molar-refractivity contribution is 7.07. The highest BCUT2D eigenvalue weighted by atomic mass is 35.5. The van der Waals surface area contributed by atoms with Gasteiger partial charge in [0.1, 0.15) is 0 Å². The average molecular weight is 517 g/mol. The van der Waals surface area contributed by atoms with Crippen LogP contribution in [0.2, 0.25) is 10.0 Å². The Hall–Kier alpha value is -3.07. The van der Waals surface area contributed by atoms with Gasteiger partial charge in [0, 0.05) is 11.1 Å². The maximum atomic E-state index is 13.6. The lowest BCUT2D eigenvalue weighted by Gasteiger charge is -2.24. The number of thiazole rings is 1. The molecule has 0 aliphatic carbocycles. The lowest BCUT2D eigenvalue weighted by Crippen LogP contribution is -2.39. The van der Waals surface area contributed by atoms with E-state index in [4.69, 9.17) is 37.4 Å². The molecule has 0 unspecified atom stereocenters. The highest BCUT2D eigenvalue weighted by Gasteiger charge is 2.33. The van der Waals surface area contributed by atoms with E-state index in [-0.39, 0.29) is 19.0 Å². The van der Waals surface area contributed by atoms with Crippen LogP contribution in [0.25, 0.3) is 6.08 Å². The van der Waals surface area contributed by atoms with Gasteiger partial charge in [-0.25, -0.2) is 9.79 Å². The number of fused-ring (bicyclic) bond motifs is 2. The first kappa shape index (κ1) is 22.7. The molecule has 1 aromatic heterocycles. The molecule has 7 nitrogen and oxygen atoms in total. The molecule has 0 fully saturated rings. The molecule has 1 atom stereocenters. The predicted molar refractivity (Wildman–Crippen MR) is 129 cm³/mol. The summed E-state index contributed by atoms with van der Waals surface area (Å²) in [4.78, 5) is 31.6. The van der Waals surface area contributed by atoms with E-state index in [9.17, 15) is 9.59 Å². The number of esters is 1. The van der Waals surface area contributed by atoms with Crippen LogP contribution in [0, 0.1) is 0 Å². The number of carbonyl (C=O) groups is 1. The van der Waals surface area contributed by atoms with Gasteiger partial charge < -0.3 is 14.2 Å². The van der Waals surface area contributed by atoms with Crippen molar-refractivity contribution in [2.75, 3.05) is 13.4 Å². The van der Waals surface area contributed by atoms with Gasteiger partial charge in [0.25, 0.3) is 5.56 Å². The number of nitrogens with zero attached hydrogens (tertiary/aromatic N) is 2. The fourth-order valence-electron chi connectivity index (χ4n) is 3.94. The topological polar surface area (TPSA) is 79.1 Å². The van der Waals surface area contributed by atoms with E-state index in [0.717, 1.165) is 5.56 Å². The highest BCUT2D eigenvalue weighted by Crippen LogP contribution is 2.37. The molecule has 0 bridgehead atoms. The van der Waals surface area contributed by atoms with Gasteiger partial charge in [0.2, 0.25) is 6.79 Å². The molecule has 2 aliphatic heterocycles. The van der Waals surface area contributed by atoms with Crippen LogP contribution in [-0.4, -0.2) is 23.9 Å². The van der Waals surface area contributed by atoms with Crippen molar-refractivity contribution in [3.63, 3.8) is 0 Å². The number of allylic oxidation sites excluding steroid dienone is 1. The lowest BCUT2D eigenvalue weighted by molar-refractivity contribution is -0.139. The van der Waals surface area contributed by atoms with Gasteiger partial charge in [-0.05, 0) is 49.2 Å². The van der Waals surface area contributed by atoms with Gasteiger partial charge in [-0.1, -0.05) is 46.7 Å². The molecule has 0 amide bonds. The quantitative estimate of drug-likeness (QED) is 0.492. The molecule has 10 heteroatoms. The standard InChI is InChI=1S/C24H18Cl2N2O5S/c1-3-31-23(30)20-12(2)27-24-28(21(20)13-4-6-15(25)7-5-13)22(29)19(34-24)9-14-8-17-18(10-16(14)26)33-11-32-17/h4-10,21H,3,11H2,1-2H3/b19-9-/t21-/m0/s1. The van der Waals surface area contributed by atoms with Crippen LogP contribution in [0.4, 0.5) is 0 Å². The number of aromatic nitrogens is 1. The summed E-state index contributed by atoms with van der Waals surface area (Å²) in [5.74, 6) is 0.598. The first-order valence-electron chi connectivity index (χ1n) is 10.4. The van der Waals surface area contributed by atoms with Crippen LogP contribution in [0.1, 0.15) is 31.0 Å². The Morgan fingerprint density at radius 3 is 2.65 bits per heavy atom. The fraction of sp³-hybridized carbons (Fsp3) is 0.208. The Morgan fingerprint density at radius 2 is 1.94 bits per heavy atom. The maximum Gasteiger partial charge on any atom is 0.338 e.